The molecule has 0 unspecified atom stereocenters. The number of amides is 2. The summed E-state index contributed by atoms with van der Waals surface area (Å²) in [6, 6.07) is 9.77. The molecule has 0 saturated heterocycles. The topological polar surface area (TPSA) is 32.3 Å². The molecule has 1 aromatic carbocycles. The predicted octanol–water partition coefficient (Wildman–Crippen LogP) is 3.41. The first-order valence-electron chi connectivity index (χ1n) is 6.34. The number of rotatable bonds is 6. The molecule has 0 radical (unpaired) electrons. The fourth-order valence-corrected chi connectivity index (χ4v) is 1.79. The SMILES string of the molecule is CCCCCCN(C(=O)NC)c1ccccc1. The molecule has 0 fully saturated rings. The summed E-state index contributed by atoms with van der Waals surface area (Å²) in [5.41, 5.74) is 0.961. The molecule has 1 aromatic rings. The molecule has 1 rings (SSSR count). The van der Waals surface area contributed by atoms with E-state index < -0.39 is 0 Å². The highest BCUT2D eigenvalue weighted by Gasteiger charge is 2.12. The minimum absolute atomic E-state index is 0.0345. The van der Waals surface area contributed by atoms with Crippen molar-refractivity contribution in [3.63, 3.8) is 0 Å². The van der Waals surface area contributed by atoms with Crippen LogP contribution in [0.15, 0.2) is 30.3 Å². The average molecular weight is 234 g/mol. The van der Waals surface area contributed by atoms with Gasteiger partial charge >= 0.3 is 6.03 Å². The maximum absolute atomic E-state index is 11.8. The van der Waals surface area contributed by atoms with Crippen LogP contribution in [0.1, 0.15) is 32.6 Å². The second-order valence-electron chi connectivity index (χ2n) is 4.10. The summed E-state index contributed by atoms with van der Waals surface area (Å²) in [6.45, 7) is 2.97. The molecule has 0 spiro atoms. The van der Waals surface area contributed by atoms with Crippen molar-refractivity contribution in [2.24, 2.45) is 0 Å². The Kier molecular flexibility index (Phi) is 6.15. The van der Waals surface area contributed by atoms with Crippen LogP contribution in [0.25, 0.3) is 0 Å². The number of carbonyl (C=O) groups excluding carboxylic acids is 1. The zero-order valence-corrected chi connectivity index (χ0v) is 10.8. The number of urea groups is 1. The molecule has 0 atom stereocenters. The molecule has 17 heavy (non-hydrogen) atoms. The Balaban J connectivity index is 2.59. The van der Waals surface area contributed by atoms with E-state index in [-0.39, 0.29) is 6.03 Å². The Morgan fingerprint density at radius 3 is 2.47 bits per heavy atom. The fourth-order valence-electron chi connectivity index (χ4n) is 1.79. The minimum atomic E-state index is -0.0345. The van der Waals surface area contributed by atoms with E-state index in [9.17, 15) is 4.79 Å². The van der Waals surface area contributed by atoms with Gasteiger partial charge in [0.25, 0.3) is 0 Å². The summed E-state index contributed by atoms with van der Waals surface area (Å²) in [5, 5.41) is 2.69. The van der Waals surface area contributed by atoms with E-state index >= 15 is 0 Å². The summed E-state index contributed by atoms with van der Waals surface area (Å²) in [4.78, 5) is 13.6. The molecule has 1 N–H and O–H groups in total. The van der Waals surface area contributed by atoms with E-state index in [4.69, 9.17) is 0 Å². The van der Waals surface area contributed by atoms with Gasteiger partial charge in [0.05, 0.1) is 0 Å². The Labute approximate surface area is 104 Å². The van der Waals surface area contributed by atoms with Gasteiger partial charge in [0.1, 0.15) is 0 Å². The number of hydrogen-bond acceptors (Lipinski definition) is 1. The highest BCUT2D eigenvalue weighted by molar-refractivity contribution is 5.91. The lowest BCUT2D eigenvalue weighted by Crippen LogP contribution is -2.38. The van der Waals surface area contributed by atoms with Crippen LogP contribution in [0.2, 0.25) is 0 Å². The van der Waals surface area contributed by atoms with Crippen LogP contribution >= 0.6 is 0 Å². The number of nitrogens with zero attached hydrogens (tertiary/aromatic N) is 1. The van der Waals surface area contributed by atoms with E-state index in [2.05, 4.69) is 12.2 Å². The quantitative estimate of drug-likeness (QED) is 0.752. The maximum Gasteiger partial charge on any atom is 0.321 e. The van der Waals surface area contributed by atoms with Gasteiger partial charge in [0.2, 0.25) is 0 Å². The van der Waals surface area contributed by atoms with Gasteiger partial charge in [-0.15, -0.1) is 0 Å². The Morgan fingerprint density at radius 2 is 1.88 bits per heavy atom. The Morgan fingerprint density at radius 1 is 1.18 bits per heavy atom. The van der Waals surface area contributed by atoms with Crippen LogP contribution in [0.5, 0.6) is 0 Å². The second-order valence-corrected chi connectivity index (χ2v) is 4.10. The first-order chi connectivity index (χ1) is 8.29. The molecule has 3 heteroatoms. The number of para-hydroxylation sites is 1. The largest absolute Gasteiger partial charge is 0.341 e. The van der Waals surface area contributed by atoms with Crippen LogP contribution in [0, 0.1) is 0 Å². The van der Waals surface area contributed by atoms with Crippen molar-refractivity contribution in [3.8, 4) is 0 Å². The van der Waals surface area contributed by atoms with E-state index in [1.54, 1.807) is 11.9 Å². The molecule has 0 saturated carbocycles. The molecule has 3 nitrogen and oxygen atoms in total. The van der Waals surface area contributed by atoms with Crippen molar-refractivity contribution < 1.29 is 4.79 Å². The second kappa shape index (κ2) is 7.71. The van der Waals surface area contributed by atoms with Gasteiger partial charge in [-0.3, -0.25) is 4.90 Å². The fraction of sp³-hybridized carbons (Fsp3) is 0.500. The predicted molar refractivity (Wildman–Crippen MR) is 72.4 cm³/mol. The Bertz CT molecular complexity index is 324. The summed E-state index contributed by atoms with van der Waals surface area (Å²) in [6.07, 6.45) is 4.68. The molecule has 0 aliphatic rings. The van der Waals surface area contributed by atoms with E-state index in [1.807, 2.05) is 30.3 Å². The third-order valence-electron chi connectivity index (χ3n) is 2.76. The van der Waals surface area contributed by atoms with Gasteiger partial charge in [0, 0.05) is 19.3 Å². The molecule has 94 valence electrons. The highest BCUT2D eigenvalue weighted by atomic mass is 16.2. The molecule has 0 heterocycles. The summed E-state index contributed by atoms with van der Waals surface area (Å²) in [5.74, 6) is 0. The van der Waals surface area contributed by atoms with Gasteiger partial charge < -0.3 is 5.32 Å². The van der Waals surface area contributed by atoms with Gasteiger partial charge in [-0.1, -0.05) is 44.4 Å². The van der Waals surface area contributed by atoms with Crippen LogP contribution in [-0.4, -0.2) is 19.6 Å². The van der Waals surface area contributed by atoms with E-state index in [0.717, 1.165) is 18.7 Å². The number of anilines is 1. The van der Waals surface area contributed by atoms with Crippen LogP contribution in [0.4, 0.5) is 10.5 Å². The molecule has 0 aliphatic heterocycles. The minimum Gasteiger partial charge on any atom is -0.341 e. The van der Waals surface area contributed by atoms with Crippen molar-refractivity contribution in [1.82, 2.24) is 5.32 Å². The van der Waals surface area contributed by atoms with Gasteiger partial charge in [-0.25, -0.2) is 4.79 Å². The van der Waals surface area contributed by atoms with Crippen molar-refractivity contribution in [3.05, 3.63) is 30.3 Å². The molecule has 2 amide bonds. The van der Waals surface area contributed by atoms with Crippen LogP contribution < -0.4 is 10.2 Å². The van der Waals surface area contributed by atoms with Gasteiger partial charge in [0.15, 0.2) is 0 Å². The molecule has 0 bridgehead atoms. The number of benzene rings is 1. The summed E-state index contributed by atoms with van der Waals surface area (Å²) < 4.78 is 0. The molecule has 0 aliphatic carbocycles. The number of hydrogen-bond donors (Lipinski definition) is 1. The number of unbranched alkanes of at least 4 members (excludes halogenated alkanes) is 3. The number of nitrogens with one attached hydrogen (secondary N) is 1. The van der Waals surface area contributed by atoms with Crippen LogP contribution in [-0.2, 0) is 0 Å². The van der Waals surface area contributed by atoms with Crippen molar-refractivity contribution >= 4 is 11.7 Å². The number of carbonyl (C=O) groups is 1. The van der Waals surface area contributed by atoms with Crippen molar-refractivity contribution in [2.75, 3.05) is 18.5 Å². The van der Waals surface area contributed by atoms with Crippen LogP contribution in [0.3, 0.4) is 0 Å². The zero-order chi connectivity index (χ0) is 12.5. The zero-order valence-electron chi connectivity index (χ0n) is 10.8. The third-order valence-corrected chi connectivity index (χ3v) is 2.76. The van der Waals surface area contributed by atoms with E-state index in [1.165, 1.54) is 19.3 Å². The van der Waals surface area contributed by atoms with Gasteiger partial charge in [-0.05, 0) is 18.6 Å². The highest BCUT2D eigenvalue weighted by Crippen LogP contribution is 2.14. The standard InChI is InChI=1S/C14H22N2O/c1-3-4-5-9-12-16(14(17)15-2)13-10-7-6-8-11-13/h6-8,10-11H,3-5,9,12H2,1-2H3,(H,15,17). The summed E-state index contributed by atoms with van der Waals surface area (Å²) >= 11 is 0. The molecular formula is C14H22N2O. The maximum atomic E-state index is 11.8. The molecule has 0 aromatic heterocycles. The van der Waals surface area contributed by atoms with Crippen molar-refractivity contribution in [1.29, 1.82) is 0 Å². The van der Waals surface area contributed by atoms with Gasteiger partial charge in [-0.2, -0.15) is 0 Å². The lowest BCUT2D eigenvalue weighted by atomic mass is 10.2. The third kappa shape index (κ3) is 4.47. The average Bonchev–Trinajstić information content (AvgIpc) is 2.39. The first kappa shape index (κ1) is 13.6. The van der Waals surface area contributed by atoms with Crippen molar-refractivity contribution in [2.45, 2.75) is 32.6 Å². The smallest absolute Gasteiger partial charge is 0.321 e. The monoisotopic (exact) mass is 234 g/mol. The Hall–Kier alpha value is -1.51. The lowest BCUT2D eigenvalue weighted by molar-refractivity contribution is 0.248. The lowest BCUT2D eigenvalue weighted by Gasteiger charge is -2.22. The molecular weight excluding hydrogens is 212 g/mol. The summed E-state index contributed by atoms with van der Waals surface area (Å²) in [7, 11) is 1.67. The first-order valence-corrected chi connectivity index (χ1v) is 6.34. The normalized spacial score (nSPS) is 10.0. The van der Waals surface area contributed by atoms with E-state index in [0.29, 0.717) is 0 Å².